The van der Waals surface area contributed by atoms with Crippen LogP contribution in [0, 0.1) is 5.92 Å². The van der Waals surface area contributed by atoms with Gasteiger partial charge in [-0.15, -0.1) is 0 Å². The monoisotopic (exact) mass is 344 g/mol. The van der Waals surface area contributed by atoms with E-state index >= 15 is 0 Å². The van der Waals surface area contributed by atoms with E-state index in [0.29, 0.717) is 29.8 Å². The first kappa shape index (κ1) is 17.6. The van der Waals surface area contributed by atoms with Crippen molar-refractivity contribution >= 4 is 5.91 Å². The highest BCUT2D eigenvalue weighted by Crippen LogP contribution is 2.41. The topological polar surface area (TPSA) is 88.5 Å². The summed E-state index contributed by atoms with van der Waals surface area (Å²) in [6, 6.07) is 0. The van der Waals surface area contributed by atoms with Gasteiger partial charge in [-0.25, -0.2) is 4.98 Å². The molecule has 3 rings (SSSR count). The molecule has 0 spiro atoms. The Morgan fingerprint density at radius 1 is 1.40 bits per heavy atom. The molecule has 7 nitrogen and oxygen atoms in total. The van der Waals surface area contributed by atoms with Crippen molar-refractivity contribution in [3.63, 3.8) is 0 Å². The molecule has 2 aromatic heterocycles. The van der Waals surface area contributed by atoms with E-state index in [1.165, 1.54) is 0 Å². The zero-order valence-electron chi connectivity index (χ0n) is 15.8. The minimum absolute atomic E-state index is 0.0920. The number of H-pyrrole nitrogens is 1. The smallest absolute Gasteiger partial charge is 0.255 e. The van der Waals surface area contributed by atoms with Crippen LogP contribution in [0.1, 0.15) is 81.1 Å². The van der Waals surface area contributed by atoms with Crippen LogP contribution < -0.4 is 5.32 Å². The molecular formula is C18H28N6O. The van der Waals surface area contributed by atoms with Crippen molar-refractivity contribution in [1.82, 2.24) is 30.3 Å². The average Bonchev–Trinajstić information content (AvgIpc) is 3.07. The molecule has 1 aliphatic carbocycles. The molecule has 0 aromatic carbocycles. The molecule has 7 heteroatoms. The lowest BCUT2D eigenvalue weighted by Gasteiger charge is -2.12. The van der Waals surface area contributed by atoms with Crippen LogP contribution in [0.3, 0.4) is 0 Å². The second-order valence-corrected chi connectivity index (χ2v) is 8.33. The largest absolute Gasteiger partial charge is 0.345 e. The molecule has 0 unspecified atom stereocenters. The lowest BCUT2D eigenvalue weighted by atomic mass is 9.96. The summed E-state index contributed by atoms with van der Waals surface area (Å²) < 4.78 is 2.00. The van der Waals surface area contributed by atoms with Gasteiger partial charge in [-0.2, -0.15) is 10.2 Å². The fraction of sp³-hybridized carbons (Fsp3) is 0.667. The minimum Gasteiger partial charge on any atom is -0.345 e. The molecule has 2 heterocycles. The van der Waals surface area contributed by atoms with Gasteiger partial charge >= 0.3 is 0 Å². The molecule has 0 saturated heterocycles. The van der Waals surface area contributed by atoms with Gasteiger partial charge in [-0.3, -0.25) is 14.6 Å². The number of amides is 1. The number of carbonyl (C=O) groups is 1. The zero-order chi connectivity index (χ0) is 18.2. The van der Waals surface area contributed by atoms with Crippen molar-refractivity contribution in [2.45, 2.75) is 71.9 Å². The molecule has 136 valence electrons. The van der Waals surface area contributed by atoms with Gasteiger partial charge in [0.25, 0.3) is 5.91 Å². The molecular weight excluding hydrogens is 316 g/mol. The maximum absolute atomic E-state index is 12.6. The summed E-state index contributed by atoms with van der Waals surface area (Å²) >= 11 is 0. The Labute approximate surface area is 148 Å². The van der Waals surface area contributed by atoms with Crippen LogP contribution in [0.25, 0.3) is 0 Å². The van der Waals surface area contributed by atoms with Crippen molar-refractivity contribution in [3.05, 3.63) is 29.1 Å². The van der Waals surface area contributed by atoms with E-state index < -0.39 is 0 Å². The van der Waals surface area contributed by atoms with E-state index in [-0.39, 0.29) is 11.3 Å². The van der Waals surface area contributed by atoms with Crippen LogP contribution in [0.5, 0.6) is 0 Å². The van der Waals surface area contributed by atoms with Crippen molar-refractivity contribution < 1.29 is 4.79 Å². The Bertz CT molecular complexity index is 748. The summed E-state index contributed by atoms with van der Waals surface area (Å²) in [6.45, 7) is 11.7. The van der Waals surface area contributed by atoms with Gasteiger partial charge in [0, 0.05) is 17.9 Å². The lowest BCUT2D eigenvalue weighted by Crippen LogP contribution is -2.24. The number of hydrogen-bond donors (Lipinski definition) is 2. The number of aromatic nitrogens is 5. The first-order valence-corrected chi connectivity index (χ1v) is 9.01. The zero-order valence-corrected chi connectivity index (χ0v) is 15.8. The first-order chi connectivity index (χ1) is 11.8. The summed E-state index contributed by atoms with van der Waals surface area (Å²) in [4.78, 5) is 17.1. The quantitative estimate of drug-likeness (QED) is 0.843. The lowest BCUT2D eigenvalue weighted by molar-refractivity contribution is 0.0948. The normalized spacial score (nSPS) is 15.0. The van der Waals surface area contributed by atoms with Crippen LogP contribution in [0.4, 0.5) is 0 Å². The second-order valence-electron chi connectivity index (χ2n) is 8.33. The fourth-order valence-corrected chi connectivity index (χ4v) is 2.82. The molecule has 2 N–H and O–H groups in total. The third-order valence-corrected chi connectivity index (χ3v) is 4.25. The second kappa shape index (κ2) is 6.61. The summed E-state index contributed by atoms with van der Waals surface area (Å²) in [7, 11) is 0. The van der Waals surface area contributed by atoms with E-state index in [0.717, 1.165) is 30.9 Å². The summed E-state index contributed by atoms with van der Waals surface area (Å²) in [5, 5.41) is 14.5. The Balaban J connectivity index is 1.69. The van der Waals surface area contributed by atoms with Gasteiger partial charge in [0.15, 0.2) is 5.82 Å². The number of hydrogen-bond acceptors (Lipinski definition) is 4. The molecule has 2 aromatic rings. The standard InChI is InChI=1S/C18H28N6O/c1-11(2)10-24-15(12-6-7-12)13(8-20-24)16(25)19-9-14-21-17(23-22-14)18(3,4)5/h8,11-12H,6-7,9-10H2,1-5H3,(H,19,25)(H,21,22,23). The molecule has 1 aliphatic rings. The van der Waals surface area contributed by atoms with Gasteiger partial charge < -0.3 is 5.32 Å². The fourth-order valence-electron chi connectivity index (χ4n) is 2.82. The van der Waals surface area contributed by atoms with Crippen LogP contribution in [-0.4, -0.2) is 30.9 Å². The Kier molecular flexibility index (Phi) is 4.67. The van der Waals surface area contributed by atoms with E-state index in [9.17, 15) is 4.79 Å². The van der Waals surface area contributed by atoms with Gasteiger partial charge in [0.2, 0.25) is 0 Å². The van der Waals surface area contributed by atoms with Crippen molar-refractivity contribution in [3.8, 4) is 0 Å². The summed E-state index contributed by atoms with van der Waals surface area (Å²) in [6.07, 6.45) is 3.98. The van der Waals surface area contributed by atoms with Crippen LogP contribution in [0.15, 0.2) is 6.20 Å². The Hall–Kier alpha value is -2.18. The summed E-state index contributed by atoms with van der Waals surface area (Å²) in [5.41, 5.74) is 1.66. The number of nitrogens with zero attached hydrogens (tertiary/aromatic N) is 4. The summed E-state index contributed by atoms with van der Waals surface area (Å²) in [5.74, 6) is 2.30. The predicted octanol–water partition coefficient (Wildman–Crippen LogP) is 2.76. The van der Waals surface area contributed by atoms with Crippen molar-refractivity contribution in [2.24, 2.45) is 5.92 Å². The third-order valence-electron chi connectivity index (χ3n) is 4.25. The highest BCUT2D eigenvalue weighted by Gasteiger charge is 2.32. The highest BCUT2D eigenvalue weighted by molar-refractivity contribution is 5.95. The average molecular weight is 344 g/mol. The molecule has 0 atom stereocenters. The maximum atomic E-state index is 12.6. The molecule has 0 bridgehead atoms. The highest BCUT2D eigenvalue weighted by atomic mass is 16.1. The van der Waals surface area contributed by atoms with Crippen LogP contribution in [-0.2, 0) is 18.5 Å². The van der Waals surface area contributed by atoms with E-state index in [1.807, 2.05) is 4.68 Å². The van der Waals surface area contributed by atoms with E-state index in [4.69, 9.17) is 0 Å². The molecule has 0 aliphatic heterocycles. The molecule has 25 heavy (non-hydrogen) atoms. The first-order valence-electron chi connectivity index (χ1n) is 9.01. The molecule has 1 saturated carbocycles. The van der Waals surface area contributed by atoms with Crippen LogP contribution >= 0.6 is 0 Å². The van der Waals surface area contributed by atoms with Gasteiger partial charge in [-0.1, -0.05) is 34.6 Å². The van der Waals surface area contributed by atoms with E-state index in [2.05, 4.69) is 60.2 Å². The minimum atomic E-state index is -0.115. The molecule has 1 amide bonds. The number of aromatic amines is 1. The van der Waals surface area contributed by atoms with Crippen molar-refractivity contribution in [1.29, 1.82) is 0 Å². The SMILES string of the molecule is CC(C)Cn1ncc(C(=O)NCc2nc(C(C)(C)C)n[nH]2)c1C1CC1. The Morgan fingerprint density at radius 3 is 2.68 bits per heavy atom. The molecule has 0 radical (unpaired) electrons. The van der Waals surface area contributed by atoms with Crippen molar-refractivity contribution in [2.75, 3.05) is 0 Å². The number of rotatable bonds is 6. The number of carbonyl (C=O) groups excluding carboxylic acids is 1. The third kappa shape index (κ3) is 4.08. The van der Waals surface area contributed by atoms with Gasteiger partial charge in [-0.05, 0) is 18.8 Å². The van der Waals surface area contributed by atoms with E-state index in [1.54, 1.807) is 6.20 Å². The predicted molar refractivity (Wildman–Crippen MR) is 95.3 cm³/mol. The Morgan fingerprint density at radius 2 is 2.12 bits per heavy atom. The van der Waals surface area contributed by atoms with Crippen LogP contribution in [0.2, 0.25) is 0 Å². The molecule has 1 fully saturated rings. The van der Waals surface area contributed by atoms with Gasteiger partial charge in [0.05, 0.1) is 24.0 Å². The van der Waals surface area contributed by atoms with Gasteiger partial charge in [0.1, 0.15) is 5.82 Å². The maximum Gasteiger partial charge on any atom is 0.255 e. The number of nitrogens with one attached hydrogen (secondary N) is 2.